The number of pyridine rings is 1. The molecule has 0 saturated carbocycles. The summed E-state index contributed by atoms with van der Waals surface area (Å²) in [5, 5.41) is 8.19. The van der Waals surface area contributed by atoms with E-state index in [1.807, 2.05) is 0 Å². The first-order chi connectivity index (χ1) is 8.74. The third-order valence-electron chi connectivity index (χ3n) is 2.87. The lowest BCUT2D eigenvalue weighted by Gasteiger charge is -2.25. The minimum atomic E-state index is -3.68. The largest absolute Gasteiger partial charge is 0.370 e. The molecule has 0 unspecified atom stereocenters. The van der Waals surface area contributed by atoms with Gasteiger partial charge in [-0.2, -0.15) is 0 Å². The number of hydrogen-bond donors (Lipinski definition) is 3. The molecule has 0 atom stereocenters. The zero-order valence-corrected chi connectivity index (χ0v) is 12.2. The maximum atomic E-state index is 11.1. The van der Waals surface area contributed by atoms with Gasteiger partial charge in [-0.05, 0) is 36.9 Å². The van der Waals surface area contributed by atoms with Crippen molar-refractivity contribution in [3.8, 4) is 0 Å². The lowest BCUT2D eigenvalue weighted by molar-refractivity contribution is 0.350. The fraction of sp³-hybridized carbons (Fsp3) is 0.583. The average molecular weight is 286 g/mol. The van der Waals surface area contributed by atoms with Gasteiger partial charge >= 0.3 is 0 Å². The van der Waals surface area contributed by atoms with Crippen LogP contribution in [0.4, 0.5) is 5.82 Å². The van der Waals surface area contributed by atoms with Gasteiger partial charge in [0, 0.05) is 12.7 Å². The van der Waals surface area contributed by atoms with Crippen molar-refractivity contribution in [3.63, 3.8) is 0 Å². The summed E-state index contributed by atoms with van der Waals surface area (Å²) in [5.74, 6) is 0.633. The average Bonchev–Trinajstić information content (AvgIpc) is 2.34. The van der Waals surface area contributed by atoms with Crippen LogP contribution in [0.25, 0.3) is 0 Å². The Morgan fingerprint density at radius 3 is 2.53 bits per heavy atom. The number of sulfonamides is 1. The van der Waals surface area contributed by atoms with Crippen LogP contribution in [-0.4, -0.2) is 26.5 Å². The van der Waals surface area contributed by atoms with E-state index in [4.69, 9.17) is 10.9 Å². The second kappa shape index (κ2) is 6.31. The lowest BCUT2D eigenvalue weighted by atomic mass is 9.88. The van der Waals surface area contributed by atoms with Crippen LogP contribution >= 0.6 is 0 Å². The van der Waals surface area contributed by atoms with E-state index in [1.54, 1.807) is 6.07 Å². The Morgan fingerprint density at radius 1 is 1.37 bits per heavy atom. The molecule has 0 aliphatic rings. The Kier molecular flexibility index (Phi) is 5.28. The summed E-state index contributed by atoms with van der Waals surface area (Å²) in [6.45, 7) is 5.72. The highest BCUT2D eigenvalue weighted by Crippen LogP contribution is 2.22. The number of hydrogen-bond acceptors (Lipinski definition) is 5. The molecule has 0 saturated heterocycles. The maximum absolute atomic E-state index is 11.1. The molecule has 0 aliphatic heterocycles. The van der Waals surface area contributed by atoms with Gasteiger partial charge in [0.25, 0.3) is 0 Å². The minimum absolute atomic E-state index is 0.0143. The van der Waals surface area contributed by atoms with Gasteiger partial charge in [0.1, 0.15) is 10.7 Å². The van der Waals surface area contributed by atoms with Crippen LogP contribution in [-0.2, 0) is 10.0 Å². The zero-order chi connectivity index (χ0) is 14.5. The molecule has 1 heterocycles. The Morgan fingerprint density at radius 2 is 2.05 bits per heavy atom. The van der Waals surface area contributed by atoms with Crippen molar-refractivity contribution in [3.05, 3.63) is 18.3 Å². The highest BCUT2D eigenvalue weighted by molar-refractivity contribution is 7.89. The number of nitrogens with zero attached hydrogens (tertiary/aromatic N) is 1. The summed E-state index contributed by atoms with van der Waals surface area (Å²) in [5.41, 5.74) is 5.61. The van der Waals surface area contributed by atoms with Gasteiger partial charge in [-0.1, -0.05) is 13.8 Å². The molecular weight excluding hydrogens is 264 g/mol. The van der Waals surface area contributed by atoms with Gasteiger partial charge in [0.2, 0.25) is 10.0 Å². The van der Waals surface area contributed by atoms with Crippen molar-refractivity contribution in [2.75, 3.05) is 18.4 Å². The summed E-state index contributed by atoms with van der Waals surface area (Å²) in [7, 11) is -3.68. The summed E-state index contributed by atoms with van der Waals surface area (Å²) >= 11 is 0. The Labute approximate surface area is 114 Å². The normalized spacial score (nSPS) is 12.4. The van der Waals surface area contributed by atoms with Crippen LogP contribution in [0.1, 0.15) is 26.7 Å². The molecule has 0 spiro atoms. The number of anilines is 1. The molecule has 1 aromatic heterocycles. The fourth-order valence-electron chi connectivity index (χ4n) is 1.65. The molecule has 0 aliphatic carbocycles. The third kappa shape index (κ3) is 5.54. The molecule has 0 radical (unpaired) electrons. The molecule has 108 valence electrons. The van der Waals surface area contributed by atoms with Crippen LogP contribution in [0.15, 0.2) is 23.2 Å². The first-order valence-corrected chi connectivity index (χ1v) is 7.72. The van der Waals surface area contributed by atoms with E-state index < -0.39 is 10.0 Å². The predicted octanol–water partition coefficient (Wildman–Crippen LogP) is 0.906. The molecule has 6 nitrogen and oxygen atoms in total. The van der Waals surface area contributed by atoms with Crippen molar-refractivity contribution in [1.82, 2.24) is 4.98 Å². The first-order valence-electron chi connectivity index (χ1n) is 6.17. The molecule has 1 rings (SSSR count). The molecule has 1 aromatic rings. The highest BCUT2D eigenvalue weighted by Gasteiger charge is 2.17. The fourth-order valence-corrected chi connectivity index (χ4v) is 2.11. The Bertz CT molecular complexity index is 497. The molecular formula is C12H22N4O2S. The van der Waals surface area contributed by atoms with Gasteiger partial charge in [-0.25, -0.2) is 18.5 Å². The molecule has 0 bridgehead atoms. The van der Waals surface area contributed by atoms with Gasteiger partial charge in [0.15, 0.2) is 0 Å². The topological polar surface area (TPSA) is 111 Å². The second-order valence-corrected chi connectivity index (χ2v) is 6.90. The van der Waals surface area contributed by atoms with Crippen molar-refractivity contribution < 1.29 is 8.42 Å². The lowest BCUT2D eigenvalue weighted by Crippen LogP contribution is -2.24. The van der Waals surface area contributed by atoms with Crippen LogP contribution < -0.4 is 16.2 Å². The summed E-state index contributed by atoms with van der Waals surface area (Å²) in [6.07, 6.45) is 3.25. The summed E-state index contributed by atoms with van der Waals surface area (Å²) in [6, 6.07) is 3.05. The van der Waals surface area contributed by atoms with Crippen molar-refractivity contribution in [2.45, 2.75) is 31.6 Å². The number of nitrogens with two attached hydrogens (primary N) is 2. The first kappa shape index (κ1) is 15.9. The van der Waals surface area contributed by atoms with E-state index in [-0.39, 0.29) is 10.3 Å². The Balaban J connectivity index is 2.59. The van der Waals surface area contributed by atoms with Gasteiger partial charge in [-0.15, -0.1) is 0 Å². The summed E-state index contributed by atoms with van der Waals surface area (Å²) in [4.78, 5) is 4.05. The summed E-state index contributed by atoms with van der Waals surface area (Å²) < 4.78 is 22.2. The number of aromatic nitrogens is 1. The SMILES string of the molecule is CC(C)(CCCN)CNc1ccc(S(N)(=O)=O)cn1. The molecule has 0 aromatic carbocycles. The van der Waals surface area contributed by atoms with Crippen LogP contribution in [0.2, 0.25) is 0 Å². The van der Waals surface area contributed by atoms with Gasteiger partial charge in [-0.3, -0.25) is 0 Å². The molecule has 7 heteroatoms. The smallest absolute Gasteiger partial charge is 0.239 e. The van der Waals surface area contributed by atoms with Crippen LogP contribution in [0.5, 0.6) is 0 Å². The molecule has 19 heavy (non-hydrogen) atoms. The monoisotopic (exact) mass is 286 g/mol. The van der Waals surface area contributed by atoms with Crippen molar-refractivity contribution in [1.29, 1.82) is 0 Å². The standard InChI is InChI=1S/C12H22N4O2S/c1-12(2,6-3-7-13)9-16-11-5-4-10(8-15-11)19(14,17)18/h4-5,8H,3,6-7,9,13H2,1-2H3,(H,15,16)(H2,14,17,18). The van der Waals surface area contributed by atoms with Crippen molar-refractivity contribution in [2.24, 2.45) is 16.3 Å². The maximum Gasteiger partial charge on any atom is 0.239 e. The molecule has 0 amide bonds. The predicted molar refractivity (Wildman–Crippen MR) is 76.2 cm³/mol. The van der Waals surface area contributed by atoms with Crippen LogP contribution in [0, 0.1) is 5.41 Å². The van der Waals surface area contributed by atoms with E-state index >= 15 is 0 Å². The third-order valence-corrected chi connectivity index (χ3v) is 3.77. The molecule has 0 fully saturated rings. The quantitative estimate of drug-likeness (QED) is 0.689. The van der Waals surface area contributed by atoms with E-state index in [1.165, 1.54) is 12.3 Å². The number of rotatable bonds is 7. The second-order valence-electron chi connectivity index (χ2n) is 5.33. The van der Waals surface area contributed by atoms with E-state index in [9.17, 15) is 8.42 Å². The minimum Gasteiger partial charge on any atom is -0.370 e. The number of nitrogens with one attached hydrogen (secondary N) is 1. The van der Waals surface area contributed by atoms with Crippen LogP contribution in [0.3, 0.4) is 0 Å². The highest BCUT2D eigenvalue weighted by atomic mass is 32.2. The molecule has 5 N–H and O–H groups in total. The van der Waals surface area contributed by atoms with E-state index in [2.05, 4.69) is 24.1 Å². The Hall–Kier alpha value is -1.18. The van der Waals surface area contributed by atoms with Gasteiger partial charge < -0.3 is 11.1 Å². The van der Waals surface area contributed by atoms with E-state index in [0.717, 1.165) is 19.4 Å². The van der Waals surface area contributed by atoms with Crippen molar-refractivity contribution >= 4 is 15.8 Å². The van der Waals surface area contributed by atoms with Gasteiger partial charge in [0.05, 0.1) is 0 Å². The zero-order valence-electron chi connectivity index (χ0n) is 11.4. The van der Waals surface area contributed by atoms with E-state index in [0.29, 0.717) is 12.4 Å². The number of primary sulfonamides is 1.